The number of aliphatic carboxylic acids is 1. The fourth-order valence-electron chi connectivity index (χ4n) is 1.76. The van der Waals surface area contributed by atoms with E-state index < -0.39 is 11.9 Å². The minimum atomic E-state index is -1.01. The minimum Gasteiger partial charge on any atom is -0.506 e. The van der Waals surface area contributed by atoms with E-state index in [1.807, 2.05) is 0 Å². The van der Waals surface area contributed by atoms with Gasteiger partial charge in [-0.05, 0) is 13.0 Å². The van der Waals surface area contributed by atoms with Crippen LogP contribution in [0, 0.1) is 0 Å². The number of rotatable bonds is 2. The Labute approximate surface area is 97.4 Å². The van der Waals surface area contributed by atoms with Gasteiger partial charge in [-0.25, -0.2) is 0 Å². The third-order valence-corrected chi connectivity index (χ3v) is 3.18. The number of carbonyl (C=O) groups is 1. The Morgan fingerprint density at radius 1 is 1.62 bits per heavy atom. The van der Waals surface area contributed by atoms with Gasteiger partial charge in [-0.3, -0.25) is 4.79 Å². The number of hydrogen-bond donors (Lipinski definition) is 2. The first kappa shape index (κ1) is 11.1. The van der Waals surface area contributed by atoms with Gasteiger partial charge < -0.3 is 14.9 Å². The number of aromatic hydroxyl groups is 1. The summed E-state index contributed by atoms with van der Waals surface area (Å²) in [6, 6.07) is 1.56. The van der Waals surface area contributed by atoms with E-state index in [4.69, 9.17) is 21.4 Å². The molecule has 0 aromatic heterocycles. The lowest BCUT2D eigenvalue weighted by molar-refractivity contribution is -0.138. The van der Waals surface area contributed by atoms with Crippen LogP contribution in [0.1, 0.15) is 24.0 Å². The van der Waals surface area contributed by atoms with Crippen molar-refractivity contribution in [2.24, 2.45) is 0 Å². The van der Waals surface area contributed by atoms with Gasteiger partial charge in [-0.2, -0.15) is 0 Å². The highest BCUT2D eigenvalue weighted by atomic mass is 35.5. The van der Waals surface area contributed by atoms with Crippen LogP contribution >= 0.6 is 11.6 Å². The molecule has 1 aliphatic heterocycles. The molecule has 0 fully saturated rings. The van der Waals surface area contributed by atoms with E-state index in [2.05, 4.69) is 0 Å². The van der Waals surface area contributed by atoms with E-state index in [0.717, 1.165) is 5.56 Å². The lowest BCUT2D eigenvalue weighted by atomic mass is 9.97. The Balaban J connectivity index is 2.56. The molecule has 2 N–H and O–H groups in total. The molecule has 5 heteroatoms. The number of carboxylic acids is 1. The van der Waals surface area contributed by atoms with Crippen LogP contribution in [-0.4, -0.2) is 22.8 Å². The molecule has 1 unspecified atom stereocenters. The molecule has 1 aliphatic rings. The van der Waals surface area contributed by atoms with Gasteiger partial charge >= 0.3 is 5.97 Å². The maximum atomic E-state index is 10.9. The highest BCUT2D eigenvalue weighted by molar-refractivity contribution is 6.33. The van der Waals surface area contributed by atoms with Crippen LogP contribution in [0.4, 0.5) is 0 Å². The largest absolute Gasteiger partial charge is 0.506 e. The Morgan fingerprint density at radius 3 is 2.94 bits per heavy atom. The second kappa shape index (κ2) is 3.87. The van der Waals surface area contributed by atoms with Crippen molar-refractivity contribution in [3.63, 3.8) is 0 Å². The summed E-state index contributed by atoms with van der Waals surface area (Å²) in [4.78, 5) is 10.9. The summed E-state index contributed by atoms with van der Waals surface area (Å²) < 4.78 is 5.32. The quantitative estimate of drug-likeness (QED) is 0.834. The molecule has 0 radical (unpaired) electrons. The van der Waals surface area contributed by atoms with Crippen LogP contribution in [0.2, 0.25) is 5.02 Å². The van der Waals surface area contributed by atoms with Crippen molar-refractivity contribution in [2.45, 2.75) is 19.3 Å². The normalized spacial score (nSPS) is 15.4. The molecule has 0 bridgehead atoms. The molecule has 0 saturated heterocycles. The fourth-order valence-corrected chi connectivity index (χ4v) is 2.06. The van der Waals surface area contributed by atoms with E-state index in [9.17, 15) is 9.90 Å². The van der Waals surface area contributed by atoms with E-state index >= 15 is 0 Å². The molecule has 0 amide bonds. The van der Waals surface area contributed by atoms with Crippen molar-refractivity contribution in [3.8, 4) is 11.5 Å². The lowest BCUT2D eigenvalue weighted by Gasteiger charge is -2.13. The van der Waals surface area contributed by atoms with Gasteiger partial charge in [0, 0.05) is 17.5 Å². The molecule has 86 valence electrons. The van der Waals surface area contributed by atoms with E-state index in [1.165, 1.54) is 6.92 Å². The topological polar surface area (TPSA) is 66.8 Å². The summed E-state index contributed by atoms with van der Waals surface area (Å²) in [6.45, 7) is 2.01. The zero-order chi connectivity index (χ0) is 11.9. The van der Waals surface area contributed by atoms with E-state index in [-0.39, 0.29) is 16.3 Å². The van der Waals surface area contributed by atoms with Gasteiger partial charge in [-0.15, -0.1) is 0 Å². The van der Waals surface area contributed by atoms with Crippen molar-refractivity contribution in [3.05, 3.63) is 22.2 Å². The molecule has 0 saturated carbocycles. The Bertz CT molecular complexity index is 456. The molecule has 1 aromatic carbocycles. The summed E-state index contributed by atoms with van der Waals surface area (Å²) in [5.41, 5.74) is 1.04. The highest BCUT2D eigenvalue weighted by Gasteiger charge is 2.26. The summed E-state index contributed by atoms with van der Waals surface area (Å²) in [5.74, 6) is -1.40. The van der Waals surface area contributed by atoms with Gasteiger partial charge in [-0.1, -0.05) is 11.6 Å². The smallest absolute Gasteiger partial charge is 0.310 e. The van der Waals surface area contributed by atoms with Crippen LogP contribution in [0.3, 0.4) is 0 Å². The maximum absolute atomic E-state index is 10.9. The van der Waals surface area contributed by atoms with Gasteiger partial charge in [0.05, 0.1) is 17.5 Å². The zero-order valence-corrected chi connectivity index (χ0v) is 9.41. The predicted octanol–water partition coefficient (Wildman–Crippen LogP) is 2.17. The average molecular weight is 243 g/mol. The molecule has 1 atom stereocenters. The van der Waals surface area contributed by atoms with Crippen LogP contribution in [-0.2, 0) is 11.2 Å². The number of carboxylic acid groups (broad SMARTS) is 1. The third-order valence-electron chi connectivity index (χ3n) is 2.78. The molecule has 4 nitrogen and oxygen atoms in total. The van der Waals surface area contributed by atoms with Gasteiger partial charge in [0.15, 0.2) is 0 Å². The molecule has 0 aliphatic carbocycles. The zero-order valence-electron chi connectivity index (χ0n) is 8.66. The second-order valence-electron chi connectivity index (χ2n) is 3.76. The molecular weight excluding hydrogens is 232 g/mol. The Hall–Kier alpha value is -1.42. The van der Waals surface area contributed by atoms with Crippen molar-refractivity contribution in [2.75, 3.05) is 6.61 Å². The third kappa shape index (κ3) is 1.59. The summed E-state index contributed by atoms with van der Waals surface area (Å²) in [5, 5.41) is 18.9. The number of halogens is 1. The molecule has 16 heavy (non-hydrogen) atoms. The number of benzene rings is 1. The fraction of sp³-hybridized carbons (Fsp3) is 0.364. The van der Waals surface area contributed by atoms with Crippen LogP contribution in [0.25, 0.3) is 0 Å². The summed E-state index contributed by atoms with van der Waals surface area (Å²) >= 11 is 5.97. The van der Waals surface area contributed by atoms with Crippen molar-refractivity contribution >= 4 is 17.6 Å². The maximum Gasteiger partial charge on any atom is 0.310 e. The van der Waals surface area contributed by atoms with Crippen molar-refractivity contribution < 1.29 is 19.7 Å². The van der Waals surface area contributed by atoms with Gasteiger partial charge in [0.2, 0.25) is 0 Å². The monoisotopic (exact) mass is 242 g/mol. The molecule has 2 rings (SSSR count). The van der Waals surface area contributed by atoms with Crippen LogP contribution in [0.15, 0.2) is 6.07 Å². The SMILES string of the molecule is CC(C(=O)O)c1cc2c(c(Cl)c1O)CCO2. The van der Waals surface area contributed by atoms with Gasteiger partial charge in [0.1, 0.15) is 11.5 Å². The number of phenols is 1. The van der Waals surface area contributed by atoms with E-state index in [1.54, 1.807) is 6.07 Å². The standard InChI is InChI=1S/C11H11ClO4/c1-5(11(14)15)7-4-8-6(2-3-16-8)9(12)10(7)13/h4-5,13H,2-3H2,1H3,(H,14,15). The lowest BCUT2D eigenvalue weighted by Crippen LogP contribution is -2.08. The Morgan fingerprint density at radius 2 is 2.31 bits per heavy atom. The molecule has 1 heterocycles. The second-order valence-corrected chi connectivity index (χ2v) is 4.14. The van der Waals surface area contributed by atoms with Crippen molar-refractivity contribution in [1.29, 1.82) is 0 Å². The van der Waals surface area contributed by atoms with Crippen LogP contribution < -0.4 is 4.74 Å². The summed E-state index contributed by atoms with van der Waals surface area (Å²) in [7, 11) is 0. The first-order valence-electron chi connectivity index (χ1n) is 4.92. The number of ether oxygens (including phenoxy) is 1. The number of hydrogen-bond acceptors (Lipinski definition) is 3. The van der Waals surface area contributed by atoms with E-state index in [0.29, 0.717) is 18.8 Å². The van der Waals surface area contributed by atoms with Crippen molar-refractivity contribution in [1.82, 2.24) is 0 Å². The predicted molar refractivity (Wildman–Crippen MR) is 58.4 cm³/mol. The number of fused-ring (bicyclic) bond motifs is 1. The summed E-state index contributed by atoms with van der Waals surface area (Å²) in [6.07, 6.45) is 0.642. The van der Waals surface area contributed by atoms with Crippen LogP contribution in [0.5, 0.6) is 11.5 Å². The average Bonchev–Trinajstić information content (AvgIpc) is 2.70. The first-order valence-corrected chi connectivity index (χ1v) is 5.30. The first-order chi connectivity index (χ1) is 7.52. The minimum absolute atomic E-state index is 0.152. The molecule has 1 aromatic rings. The Kier molecular flexibility index (Phi) is 2.68. The van der Waals surface area contributed by atoms with Gasteiger partial charge in [0.25, 0.3) is 0 Å². The molecular formula is C11H11ClO4. The number of phenolic OH excluding ortho intramolecular Hbond substituents is 1. The molecule has 0 spiro atoms. The highest BCUT2D eigenvalue weighted by Crippen LogP contribution is 2.42.